The molecule has 1 amide bonds. The normalized spacial score (nSPS) is 12.1. The molecule has 1 N–H and O–H groups in total. The van der Waals surface area contributed by atoms with E-state index in [0.717, 1.165) is 17.0 Å². The van der Waals surface area contributed by atoms with Gasteiger partial charge in [-0.15, -0.1) is 11.3 Å². The summed E-state index contributed by atoms with van der Waals surface area (Å²) < 4.78 is 12.5. The van der Waals surface area contributed by atoms with Crippen molar-refractivity contribution < 1.29 is 14.3 Å². The molecule has 5 rings (SSSR count). The van der Waals surface area contributed by atoms with E-state index < -0.39 is 0 Å². The van der Waals surface area contributed by atoms with E-state index in [4.69, 9.17) is 9.47 Å². The van der Waals surface area contributed by atoms with Gasteiger partial charge < -0.3 is 14.8 Å². The number of pyridine rings is 1. The highest BCUT2D eigenvalue weighted by molar-refractivity contribution is 7.17. The number of amides is 1. The van der Waals surface area contributed by atoms with Gasteiger partial charge in [0.2, 0.25) is 6.79 Å². The number of carbonyl (C=O) groups is 1. The van der Waals surface area contributed by atoms with Crippen LogP contribution in [0.3, 0.4) is 0 Å². The molecule has 30 heavy (non-hydrogen) atoms. The molecule has 0 fully saturated rings. The molecule has 8 nitrogen and oxygen atoms in total. The average Bonchev–Trinajstić information content (AvgIpc) is 3.53. The quantitative estimate of drug-likeness (QED) is 0.513. The highest BCUT2D eigenvalue weighted by Crippen LogP contribution is 2.37. The molecular formula is C21H17N5O3S. The number of nitrogens with zero attached hydrogens (tertiary/aromatic N) is 4. The largest absolute Gasteiger partial charge is 0.454 e. The molecule has 0 spiro atoms. The van der Waals surface area contributed by atoms with Crippen LogP contribution in [0.15, 0.2) is 61.2 Å². The van der Waals surface area contributed by atoms with E-state index in [2.05, 4.69) is 20.4 Å². The number of rotatable bonds is 6. The van der Waals surface area contributed by atoms with E-state index in [9.17, 15) is 4.79 Å². The Morgan fingerprint density at radius 3 is 2.90 bits per heavy atom. The van der Waals surface area contributed by atoms with Crippen LogP contribution in [0.4, 0.5) is 5.82 Å². The van der Waals surface area contributed by atoms with Crippen LogP contribution < -0.4 is 14.8 Å². The molecule has 0 radical (unpaired) electrons. The van der Waals surface area contributed by atoms with Crippen molar-refractivity contribution in [1.82, 2.24) is 19.7 Å². The van der Waals surface area contributed by atoms with Gasteiger partial charge in [0.1, 0.15) is 9.88 Å². The first-order valence-corrected chi connectivity index (χ1v) is 10.2. The molecule has 9 heteroatoms. The fourth-order valence-corrected chi connectivity index (χ4v) is 3.87. The van der Waals surface area contributed by atoms with Gasteiger partial charge in [-0.1, -0.05) is 0 Å². The fraction of sp³-hybridized carbons (Fsp3) is 0.143. The second kappa shape index (κ2) is 7.96. The van der Waals surface area contributed by atoms with Crippen LogP contribution in [-0.4, -0.2) is 32.4 Å². The van der Waals surface area contributed by atoms with Gasteiger partial charge >= 0.3 is 0 Å². The van der Waals surface area contributed by atoms with Crippen LogP contribution in [0.1, 0.15) is 15.2 Å². The molecule has 0 aliphatic carbocycles. The number of benzene rings is 1. The number of hydrogen-bond acceptors (Lipinski definition) is 7. The highest BCUT2D eigenvalue weighted by atomic mass is 32.1. The van der Waals surface area contributed by atoms with E-state index in [-0.39, 0.29) is 12.7 Å². The van der Waals surface area contributed by atoms with Crippen molar-refractivity contribution in [1.29, 1.82) is 0 Å². The monoisotopic (exact) mass is 419 g/mol. The van der Waals surface area contributed by atoms with Gasteiger partial charge in [-0.3, -0.25) is 14.5 Å². The molecule has 3 aromatic heterocycles. The van der Waals surface area contributed by atoms with Gasteiger partial charge in [0.25, 0.3) is 5.91 Å². The number of nitrogens with one attached hydrogen (secondary N) is 1. The summed E-state index contributed by atoms with van der Waals surface area (Å²) in [5.74, 6) is 1.67. The van der Waals surface area contributed by atoms with Gasteiger partial charge in [0.15, 0.2) is 17.3 Å². The molecule has 0 bridgehead atoms. The average molecular weight is 419 g/mol. The summed E-state index contributed by atoms with van der Waals surface area (Å²) in [7, 11) is 0. The fourth-order valence-electron chi connectivity index (χ4n) is 3.07. The number of carbonyl (C=O) groups excluding carboxylic acids is 1. The molecule has 4 aromatic rings. The molecule has 0 saturated heterocycles. The second-order valence-electron chi connectivity index (χ2n) is 6.62. The molecule has 0 unspecified atom stereocenters. The van der Waals surface area contributed by atoms with Crippen molar-refractivity contribution >= 4 is 23.1 Å². The minimum Gasteiger partial charge on any atom is -0.454 e. The van der Waals surface area contributed by atoms with Gasteiger partial charge in [-0.25, -0.2) is 4.98 Å². The van der Waals surface area contributed by atoms with Crippen molar-refractivity contribution in [3.8, 4) is 22.1 Å². The molecule has 0 atom stereocenters. The smallest absolute Gasteiger partial charge is 0.268 e. The molecule has 1 aromatic carbocycles. The number of aryl methyl sites for hydroxylation is 2. The van der Waals surface area contributed by atoms with Crippen LogP contribution >= 0.6 is 11.3 Å². The lowest BCUT2D eigenvalue weighted by Gasteiger charge is -2.02. The van der Waals surface area contributed by atoms with Crippen LogP contribution in [0, 0.1) is 0 Å². The number of ether oxygens (including phenoxy) is 2. The standard InChI is InChI=1S/C21H17N5O3S/c27-20(24-19-6-10-26(25-19)9-5-14-3-7-22-8-4-14)18-12-23-21(30-18)15-1-2-16-17(11-15)29-13-28-16/h1-4,6-8,10-12H,5,9,13H2,(H,24,25,27). The summed E-state index contributed by atoms with van der Waals surface area (Å²) in [5, 5.41) is 7.98. The van der Waals surface area contributed by atoms with Crippen molar-refractivity contribution in [3.05, 3.63) is 71.6 Å². The Labute approximate surface area is 176 Å². The van der Waals surface area contributed by atoms with E-state index in [1.165, 1.54) is 16.9 Å². The van der Waals surface area contributed by atoms with E-state index in [1.54, 1.807) is 29.3 Å². The van der Waals surface area contributed by atoms with Crippen LogP contribution in [-0.2, 0) is 13.0 Å². The van der Waals surface area contributed by atoms with Crippen molar-refractivity contribution in [2.75, 3.05) is 12.1 Å². The number of thiazole rings is 1. The zero-order valence-electron chi connectivity index (χ0n) is 15.8. The predicted octanol–water partition coefficient (Wildman–Crippen LogP) is 3.63. The Bertz CT molecular complexity index is 1190. The Morgan fingerprint density at radius 1 is 1.13 bits per heavy atom. The Hall–Kier alpha value is -3.72. The van der Waals surface area contributed by atoms with Crippen molar-refractivity contribution in [2.24, 2.45) is 0 Å². The summed E-state index contributed by atoms with van der Waals surface area (Å²) in [6, 6.07) is 11.4. The van der Waals surface area contributed by atoms with E-state index in [1.807, 2.05) is 36.5 Å². The van der Waals surface area contributed by atoms with E-state index >= 15 is 0 Å². The number of hydrogen-bond donors (Lipinski definition) is 1. The number of aromatic nitrogens is 4. The lowest BCUT2D eigenvalue weighted by molar-refractivity contribution is 0.103. The van der Waals surface area contributed by atoms with Gasteiger partial charge in [0, 0.05) is 36.8 Å². The molecule has 1 aliphatic heterocycles. The van der Waals surface area contributed by atoms with Gasteiger partial charge in [0.05, 0.1) is 6.20 Å². The minimum absolute atomic E-state index is 0.222. The zero-order chi connectivity index (χ0) is 20.3. The third-order valence-electron chi connectivity index (χ3n) is 4.61. The summed E-state index contributed by atoms with van der Waals surface area (Å²) in [4.78, 5) is 21.5. The third kappa shape index (κ3) is 3.87. The Balaban J connectivity index is 1.23. The topological polar surface area (TPSA) is 91.2 Å². The lowest BCUT2D eigenvalue weighted by Crippen LogP contribution is -2.11. The molecule has 0 saturated carbocycles. The second-order valence-corrected chi connectivity index (χ2v) is 7.65. The molecular weight excluding hydrogens is 402 g/mol. The summed E-state index contributed by atoms with van der Waals surface area (Å²) in [5.41, 5.74) is 2.07. The summed E-state index contributed by atoms with van der Waals surface area (Å²) in [6.07, 6.45) is 7.81. The van der Waals surface area contributed by atoms with Crippen molar-refractivity contribution in [2.45, 2.75) is 13.0 Å². The van der Waals surface area contributed by atoms with Crippen LogP contribution in [0.25, 0.3) is 10.6 Å². The SMILES string of the molecule is O=C(Nc1ccn(CCc2ccncc2)n1)c1cnc(-c2ccc3c(c2)OCO3)s1. The van der Waals surface area contributed by atoms with Gasteiger partial charge in [-0.05, 0) is 42.3 Å². The Kier molecular flexibility index (Phi) is 4.86. The number of fused-ring (bicyclic) bond motifs is 1. The maximum Gasteiger partial charge on any atom is 0.268 e. The molecule has 150 valence electrons. The van der Waals surface area contributed by atoms with Crippen molar-refractivity contribution in [3.63, 3.8) is 0 Å². The maximum atomic E-state index is 12.6. The Morgan fingerprint density at radius 2 is 2.00 bits per heavy atom. The van der Waals surface area contributed by atoms with Crippen LogP contribution in [0.2, 0.25) is 0 Å². The van der Waals surface area contributed by atoms with Gasteiger partial charge in [-0.2, -0.15) is 5.10 Å². The third-order valence-corrected chi connectivity index (χ3v) is 5.66. The van der Waals surface area contributed by atoms with Crippen LogP contribution in [0.5, 0.6) is 11.5 Å². The van der Waals surface area contributed by atoms with E-state index in [0.29, 0.717) is 28.7 Å². The summed E-state index contributed by atoms with van der Waals surface area (Å²) >= 11 is 1.31. The minimum atomic E-state index is -0.237. The molecule has 4 heterocycles. The maximum absolute atomic E-state index is 12.6. The number of anilines is 1. The lowest BCUT2D eigenvalue weighted by atomic mass is 10.2. The first-order valence-electron chi connectivity index (χ1n) is 9.34. The first kappa shape index (κ1) is 18.3. The zero-order valence-corrected chi connectivity index (χ0v) is 16.6. The molecule has 1 aliphatic rings. The first-order chi connectivity index (χ1) is 14.7. The highest BCUT2D eigenvalue weighted by Gasteiger charge is 2.17. The summed E-state index contributed by atoms with van der Waals surface area (Å²) in [6.45, 7) is 0.939. The predicted molar refractivity (Wildman–Crippen MR) is 112 cm³/mol.